The summed E-state index contributed by atoms with van der Waals surface area (Å²) in [4.78, 5) is 0. The number of aromatic nitrogens is 2. The normalized spacial score (nSPS) is 9.08. The van der Waals surface area contributed by atoms with Gasteiger partial charge in [0.1, 0.15) is 0 Å². The van der Waals surface area contributed by atoms with E-state index in [0.29, 0.717) is 0 Å². The van der Waals surface area contributed by atoms with Crippen LogP contribution in [0.5, 0.6) is 0 Å². The molecule has 1 rings (SSSR count). The molecule has 0 saturated heterocycles. The van der Waals surface area contributed by atoms with Crippen LogP contribution < -0.4 is 0 Å². The zero-order valence-corrected chi connectivity index (χ0v) is 8.86. The lowest BCUT2D eigenvalue weighted by molar-refractivity contribution is 0.905. The van der Waals surface area contributed by atoms with Crippen molar-refractivity contribution >= 4 is 0 Å². The summed E-state index contributed by atoms with van der Waals surface area (Å²) in [5, 5.41) is 7.08. The zero-order valence-electron chi connectivity index (χ0n) is 8.86. The molecule has 0 aliphatic carbocycles. The fourth-order valence-electron chi connectivity index (χ4n) is 1.19. The van der Waals surface area contributed by atoms with Gasteiger partial charge in [0.15, 0.2) is 0 Å². The van der Waals surface area contributed by atoms with Gasteiger partial charge in [0.25, 0.3) is 0 Å². The maximum absolute atomic E-state index is 4.11. The molecule has 1 aromatic rings. The highest BCUT2D eigenvalue weighted by Crippen LogP contribution is 2.10. The van der Waals surface area contributed by atoms with Crippen LogP contribution in [0, 0.1) is 13.8 Å². The average Bonchev–Trinajstić information content (AvgIpc) is 2.40. The molecule has 0 unspecified atom stereocenters. The Bertz CT molecular complexity index is 194. The van der Waals surface area contributed by atoms with Gasteiger partial charge in [-0.25, -0.2) is 0 Å². The first kappa shape index (κ1) is 11.2. The van der Waals surface area contributed by atoms with Gasteiger partial charge >= 0.3 is 0 Å². The molecule has 2 nitrogen and oxygen atoms in total. The Morgan fingerprint density at radius 1 is 1.25 bits per heavy atom. The Hall–Kier alpha value is -0.790. The molecule has 0 aromatic carbocycles. The number of H-pyrrole nitrogens is 1. The van der Waals surface area contributed by atoms with E-state index in [1.165, 1.54) is 17.7 Å². The van der Waals surface area contributed by atoms with Gasteiger partial charge in [0.2, 0.25) is 0 Å². The van der Waals surface area contributed by atoms with Gasteiger partial charge in [-0.3, -0.25) is 5.10 Å². The Kier molecular flexibility index (Phi) is 5.43. The molecule has 0 saturated carbocycles. The molecule has 0 aliphatic rings. The van der Waals surface area contributed by atoms with E-state index in [4.69, 9.17) is 0 Å². The predicted molar refractivity (Wildman–Crippen MR) is 53.4 cm³/mol. The van der Waals surface area contributed by atoms with E-state index in [9.17, 15) is 0 Å². The van der Waals surface area contributed by atoms with Gasteiger partial charge in [-0.15, -0.1) is 0 Å². The van der Waals surface area contributed by atoms with Crippen molar-refractivity contribution in [3.05, 3.63) is 17.0 Å². The lowest BCUT2D eigenvalue weighted by Gasteiger charge is -1.95. The summed E-state index contributed by atoms with van der Waals surface area (Å²) in [5.41, 5.74) is 3.76. The minimum atomic E-state index is 1.15. The second-order valence-electron chi connectivity index (χ2n) is 2.66. The van der Waals surface area contributed by atoms with E-state index in [0.717, 1.165) is 12.1 Å². The maximum atomic E-state index is 4.11. The van der Waals surface area contributed by atoms with Crippen molar-refractivity contribution in [1.82, 2.24) is 10.2 Å². The van der Waals surface area contributed by atoms with Crippen molar-refractivity contribution in [2.45, 2.75) is 47.5 Å². The molecular formula is C10H20N2. The quantitative estimate of drug-likeness (QED) is 0.722. The van der Waals surface area contributed by atoms with Gasteiger partial charge in [0, 0.05) is 5.69 Å². The van der Waals surface area contributed by atoms with Crippen LogP contribution in [-0.4, -0.2) is 10.2 Å². The number of aromatic amines is 1. The molecule has 0 bridgehead atoms. The van der Waals surface area contributed by atoms with Crippen molar-refractivity contribution in [2.24, 2.45) is 0 Å². The number of nitrogens with zero attached hydrogens (tertiary/aromatic N) is 1. The summed E-state index contributed by atoms with van der Waals surface area (Å²) in [5.74, 6) is 0. The van der Waals surface area contributed by atoms with Crippen LogP contribution in [0.2, 0.25) is 0 Å². The van der Waals surface area contributed by atoms with Crippen LogP contribution in [0.15, 0.2) is 0 Å². The average molecular weight is 168 g/mol. The van der Waals surface area contributed by atoms with Crippen LogP contribution >= 0.6 is 0 Å². The highest BCUT2D eigenvalue weighted by Gasteiger charge is 2.02. The monoisotopic (exact) mass is 168 g/mol. The fourth-order valence-corrected chi connectivity index (χ4v) is 1.19. The fraction of sp³-hybridized carbons (Fsp3) is 0.700. The van der Waals surface area contributed by atoms with Gasteiger partial charge < -0.3 is 0 Å². The SMILES string of the molecule is CC.CCCc1c(C)n[nH]c1C. The van der Waals surface area contributed by atoms with E-state index >= 15 is 0 Å². The highest BCUT2D eigenvalue weighted by molar-refractivity contribution is 5.22. The molecule has 1 N–H and O–H groups in total. The molecule has 1 heterocycles. The third-order valence-electron chi connectivity index (χ3n) is 1.78. The molecule has 70 valence electrons. The summed E-state index contributed by atoms with van der Waals surface area (Å²) in [6, 6.07) is 0. The standard InChI is InChI=1S/C8H14N2.C2H6/c1-4-5-8-6(2)9-10-7(8)3;1-2/h4-5H2,1-3H3,(H,9,10);1-2H3. The predicted octanol–water partition coefficient (Wildman–Crippen LogP) is 3.01. The number of rotatable bonds is 2. The smallest absolute Gasteiger partial charge is 0.0625 e. The molecular weight excluding hydrogens is 148 g/mol. The largest absolute Gasteiger partial charge is 0.282 e. The molecule has 0 radical (unpaired) electrons. The Labute approximate surface area is 75.4 Å². The molecule has 0 aliphatic heterocycles. The van der Waals surface area contributed by atoms with E-state index in [1.807, 2.05) is 13.8 Å². The summed E-state index contributed by atoms with van der Waals surface area (Å²) < 4.78 is 0. The third-order valence-corrected chi connectivity index (χ3v) is 1.78. The first-order valence-corrected chi connectivity index (χ1v) is 4.76. The summed E-state index contributed by atoms with van der Waals surface area (Å²) in [6.45, 7) is 10.3. The molecule has 0 amide bonds. The lowest BCUT2D eigenvalue weighted by Crippen LogP contribution is -1.86. The van der Waals surface area contributed by atoms with Crippen LogP contribution in [0.25, 0.3) is 0 Å². The number of hydrogen-bond donors (Lipinski definition) is 1. The maximum Gasteiger partial charge on any atom is 0.0625 e. The van der Waals surface area contributed by atoms with Gasteiger partial charge in [0.05, 0.1) is 5.69 Å². The van der Waals surface area contributed by atoms with E-state index in [2.05, 4.69) is 31.0 Å². The number of hydrogen-bond acceptors (Lipinski definition) is 1. The van der Waals surface area contributed by atoms with Crippen molar-refractivity contribution in [3.8, 4) is 0 Å². The lowest BCUT2D eigenvalue weighted by atomic mass is 10.1. The number of nitrogens with one attached hydrogen (secondary N) is 1. The van der Waals surface area contributed by atoms with Crippen LogP contribution in [0.3, 0.4) is 0 Å². The second kappa shape index (κ2) is 5.81. The first-order chi connectivity index (χ1) is 5.75. The topological polar surface area (TPSA) is 28.7 Å². The molecule has 0 spiro atoms. The van der Waals surface area contributed by atoms with Gasteiger partial charge in [-0.1, -0.05) is 27.2 Å². The zero-order chi connectivity index (χ0) is 9.56. The Morgan fingerprint density at radius 2 is 1.83 bits per heavy atom. The minimum absolute atomic E-state index is 1.15. The second-order valence-corrected chi connectivity index (χ2v) is 2.66. The van der Waals surface area contributed by atoms with E-state index in [-0.39, 0.29) is 0 Å². The van der Waals surface area contributed by atoms with Gasteiger partial charge in [-0.05, 0) is 25.8 Å². The molecule has 1 aromatic heterocycles. The third kappa shape index (κ3) is 2.68. The van der Waals surface area contributed by atoms with Crippen molar-refractivity contribution in [2.75, 3.05) is 0 Å². The van der Waals surface area contributed by atoms with E-state index < -0.39 is 0 Å². The summed E-state index contributed by atoms with van der Waals surface area (Å²) in [6.07, 6.45) is 2.34. The highest BCUT2D eigenvalue weighted by atomic mass is 15.1. The van der Waals surface area contributed by atoms with E-state index in [1.54, 1.807) is 0 Å². The summed E-state index contributed by atoms with van der Waals surface area (Å²) in [7, 11) is 0. The summed E-state index contributed by atoms with van der Waals surface area (Å²) >= 11 is 0. The van der Waals surface area contributed by atoms with Crippen LogP contribution in [-0.2, 0) is 6.42 Å². The van der Waals surface area contributed by atoms with Crippen molar-refractivity contribution < 1.29 is 0 Å². The molecule has 0 atom stereocenters. The minimum Gasteiger partial charge on any atom is -0.282 e. The Morgan fingerprint density at radius 3 is 2.17 bits per heavy atom. The van der Waals surface area contributed by atoms with Crippen LogP contribution in [0.1, 0.15) is 44.1 Å². The molecule has 12 heavy (non-hydrogen) atoms. The molecule has 2 heteroatoms. The number of aryl methyl sites for hydroxylation is 2. The van der Waals surface area contributed by atoms with Crippen LogP contribution in [0.4, 0.5) is 0 Å². The van der Waals surface area contributed by atoms with Crippen molar-refractivity contribution in [1.29, 1.82) is 0 Å². The Balaban J connectivity index is 0.000000561. The van der Waals surface area contributed by atoms with Crippen molar-refractivity contribution in [3.63, 3.8) is 0 Å². The molecule has 0 fully saturated rings. The van der Waals surface area contributed by atoms with Gasteiger partial charge in [-0.2, -0.15) is 5.10 Å². The first-order valence-electron chi connectivity index (χ1n) is 4.76.